The van der Waals surface area contributed by atoms with Crippen LogP contribution in [0.1, 0.15) is 48.5 Å². The summed E-state index contributed by atoms with van der Waals surface area (Å²) < 4.78 is 1.02. The van der Waals surface area contributed by atoms with Gasteiger partial charge < -0.3 is 11.1 Å². The summed E-state index contributed by atoms with van der Waals surface area (Å²) in [6, 6.07) is 5.69. The van der Waals surface area contributed by atoms with E-state index in [-0.39, 0.29) is 11.4 Å². The standard InChI is InChI=1S/C16H23BrN2O/c1-11-9-13(6-7-14(11)17)15(20)19-16(10-18)8-4-3-5-12(16)2/h6-7,9,12H,3-5,8,10,18H2,1-2H3,(H,19,20). The highest BCUT2D eigenvalue weighted by Crippen LogP contribution is 2.33. The van der Waals surface area contributed by atoms with Crippen LogP contribution in [0.15, 0.2) is 22.7 Å². The maximum absolute atomic E-state index is 12.5. The predicted octanol–water partition coefficient (Wildman–Crippen LogP) is 3.39. The maximum atomic E-state index is 12.5. The molecular formula is C16H23BrN2O. The van der Waals surface area contributed by atoms with Gasteiger partial charge in [0.15, 0.2) is 0 Å². The number of aryl methyl sites for hydroxylation is 1. The van der Waals surface area contributed by atoms with Crippen LogP contribution in [-0.2, 0) is 0 Å². The molecule has 1 aromatic rings. The molecule has 0 bridgehead atoms. The minimum atomic E-state index is -0.240. The zero-order valence-electron chi connectivity index (χ0n) is 12.2. The van der Waals surface area contributed by atoms with Crippen molar-refractivity contribution in [3.8, 4) is 0 Å². The maximum Gasteiger partial charge on any atom is 0.251 e. The smallest absolute Gasteiger partial charge is 0.251 e. The third kappa shape index (κ3) is 3.07. The number of halogens is 1. The van der Waals surface area contributed by atoms with Crippen LogP contribution in [0, 0.1) is 12.8 Å². The summed E-state index contributed by atoms with van der Waals surface area (Å²) in [7, 11) is 0. The SMILES string of the molecule is Cc1cc(C(=O)NC2(CN)CCCCC2C)ccc1Br. The number of nitrogens with two attached hydrogens (primary N) is 1. The molecule has 0 aliphatic heterocycles. The van der Waals surface area contributed by atoms with E-state index in [0.29, 0.717) is 18.0 Å². The molecule has 1 aliphatic carbocycles. The van der Waals surface area contributed by atoms with Crippen LogP contribution in [0.4, 0.5) is 0 Å². The number of hydrogen-bond donors (Lipinski definition) is 2. The van der Waals surface area contributed by atoms with Crippen LogP contribution in [0.2, 0.25) is 0 Å². The molecule has 0 spiro atoms. The molecule has 3 N–H and O–H groups in total. The Balaban J connectivity index is 2.18. The number of carbonyl (C=O) groups is 1. The summed E-state index contributed by atoms with van der Waals surface area (Å²) in [5, 5.41) is 3.22. The summed E-state index contributed by atoms with van der Waals surface area (Å²) in [5.41, 5.74) is 7.52. The first-order valence-corrected chi connectivity index (χ1v) is 8.06. The Labute approximate surface area is 129 Å². The molecule has 0 aromatic heterocycles. The lowest BCUT2D eigenvalue weighted by Crippen LogP contribution is -2.59. The average molecular weight is 339 g/mol. The van der Waals surface area contributed by atoms with Crippen molar-refractivity contribution in [2.24, 2.45) is 11.7 Å². The van der Waals surface area contributed by atoms with E-state index in [2.05, 4.69) is 28.2 Å². The molecular weight excluding hydrogens is 316 g/mol. The van der Waals surface area contributed by atoms with E-state index in [1.807, 2.05) is 25.1 Å². The number of carbonyl (C=O) groups excluding carboxylic acids is 1. The van der Waals surface area contributed by atoms with E-state index in [0.717, 1.165) is 29.3 Å². The molecule has 3 nitrogen and oxygen atoms in total. The zero-order valence-corrected chi connectivity index (χ0v) is 13.8. The molecule has 2 rings (SSSR count). The van der Waals surface area contributed by atoms with Gasteiger partial charge in [-0.3, -0.25) is 4.79 Å². The number of hydrogen-bond acceptors (Lipinski definition) is 2. The Morgan fingerprint density at radius 1 is 1.50 bits per heavy atom. The van der Waals surface area contributed by atoms with Crippen molar-refractivity contribution >= 4 is 21.8 Å². The lowest BCUT2D eigenvalue weighted by Gasteiger charge is -2.42. The van der Waals surface area contributed by atoms with E-state index in [1.165, 1.54) is 6.42 Å². The van der Waals surface area contributed by atoms with E-state index in [1.54, 1.807) is 0 Å². The van der Waals surface area contributed by atoms with Crippen LogP contribution in [0.5, 0.6) is 0 Å². The molecule has 0 saturated heterocycles. The normalized spacial score (nSPS) is 26.3. The fourth-order valence-corrected chi connectivity index (χ4v) is 3.28. The number of nitrogens with one attached hydrogen (secondary N) is 1. The molecule has 1 amide bonds. The largest absolute Gasteiger partial charge is 0.345 e. The Hall–Kier alpha value is -0.870. The van der Waals surface area contributed by atoms with Gasteiger partial charge in [0, 0.05) is 16.6 Å². The van der Waals surface area contributed by atoms with Crippen molar-refractivity contribution in [3.05, 3.63) is 33.8 Å². The lowest BCUT2D eigenvalue weighted by atomic mass is 9.73. The number of amides is 1. The third-order valence-electron chi connectivity index (χ3n) is 4.60. The third-order valence-corrected chi connectivity index (χ3v) is 5.49. The monoisotopic (exact) mass is 338 g/mol. The van der Waals surface area contributed by atoms with E-state index in [4.69, 9.17) is 5.73 Å². The first kappa shape index (κ1) is 15.5. The van der Waals surface area contributed by atoms with Gasteiger partial charge in [-0.15, -0.1) is 0 Å². The van der Waals surface area contributed by atoms with Gasteiger partial charge >= 0.3 is 0 Å². The highest BCUT2D eigenvalue weighted by atomic mass is 79.9. The summed E-state index contributed by atoms with van der Waals surface area (Å²) in [6.07, 6.45) is 4.49. The summed E-state index contributed by atoms with van der Waals surface area (Å²) in [5.74, 6) is 0.418. The number of rotatable bonds is 3. The predicted molar refractivity (Wildman–Crippen MR) is 85.8 cm³/mol. The second-order valence-electron chi connectivity index (χ2n) is 5.93. The molecule has 1 fully saturated rings. The van der Waals surface area contributed by atoms with Gasteiger partial charge in [-0.25, -0.2) is 0 Å². The van der Waals surface area contributed by atoms with Crippen molar-refractivity contribution < 1.29 is 4.79 Å². The highest BCUT2D eigenvalue weighted by Gasteiger charge is 2.38. The Morgan fingerprint density at radius 3 is 2.85 bits per heavy atom. The molecule has 4 heteroatoms. The molecule has 1 saturated carbocycles. The Bertz CT molecular complexity index is 503. The molecule has 1 aromatic carbocycles. The summed E-state index contributed by atoms with van der Waals surface area (Å²) in [4.78, 5) is 12.5. The second kappa shape index (κ2) is 6.27. The van der Waals surface area contributed by atoms with Gasteiger partial charge in [0.2, 0.25) is 0 Å². The average Bonchev–Trinajstić information content (AvgIpc) is 2.44. The molecule has 20 heavy (non-hydrogen) atoms. The first-order valence-electron chi connectivity index (χ1n) is 7.27. The highest BCUT2D eigenvalue weighted by molar-refractivity contribution is 9.10. The van der Waals surface area contributed by atoms with E-state index in [9.17, 15) is 4.79 Å². The molecule has 2 unspecified atom stereocenters. The van der Waals surface area contributed by atoms with E-state index >= 15 is 0 Å². The first-order chi connectivity index (χ1) is 9.48. The van der Waals surface area contributed by atoms with Crippen molar-refractivity contribution in [2.45, 2.75) is 45.1 Å². The van der Waals surface area contributed by atoms with Crippen molar-refractivity contribution in [2.75, 3.05) is 6.54 Å². The molecule has 1 aliphatic rings. The van der Waals surface area contributed by atoms with Crippen LogP contribution in [-0.4, -0.2) is 18.0 Å². The Kier molecular flexibility index (Phi) is 4.86. The summed E-state index contributed by atoms with van der Waals surface area (Å²) in [6.45, 7) is 4.69. The molecule has 0 radical (unpaired) electrons. The lowest BCUT2D eigenvalue weighted by molar-refractivity contribution is 0.0812. The minimum absolute atomic E-state index is 0.0141. The fraction of sp³-hybridized carbons (Fsp3) is 0.562. The van der Waals surface area contributed by atoms with Gasteiger partial charge in [-0.05, 0) is 49.4 Å². The van der Waals surface area contributed by atoms with Crippen molar-refractivity contribution in [1.29, 1.82) is 0 Å². The van der Waals surface area contributed by atoms with Gasteiger partial charge in [0.1, 0.15) is 0 Å². The van der Waals surface area contributed by atoms with Crippen molar-refractivity contribution in [1.82, 2.24) is 5.32 Å². The molecule has 0 heterocycles. The zero-order chi connectivity index (χ0) is 14.8. The quantitative estimate of drug-likeness (QED) is 0.887. The van der Waals surface area contributed by atoms with Crippen LogP contribution in [0.3, 0.4) is 0 Å². The second-order valence-corrected chi connectivity index (χ2v) is 6.78. The van der Waals surface area contributed by atoms with Crippen LogP contribution in [0.25, 0.3) is 0 Å². The van der Waals surface area contributed by atoms with Gasteiger partial charge in [0.05, 0.1) is 5.54 Å². The molecule has 2 atom stereocenters. The van der Waals surface area contributed by atoms with Gasteiger partial charge in [-0.2, -0.15) is 0 Å². The van der Waals surface area contributed by atoms with Gasteiger partial charge in [0.25, 0.3) is 5.91 Å². The van der Waals surface area contributed by atoms with Crippen LogP contribution >= 0.6 is 15.9 Å². The minimum Gasteiger partial charge on any atom is -0.345 e. The van der Waals surface area contributed by atoms with Crippen molar-refractivity contribution in [3.63, 3.8) is 0 Å². The fourth-order valence-electron chi connectivity index (χ4n) is 3.04. The van der Waals surface area contributed by atoms with Crippen LogP contribution < -0.4 is 11.1 Å². The number of benzene rings is 1. The van der Waals surface area contributed by atoms with Gasteiger partial charge in [-0.1, -0.05) is 35.7 Å². The van der Waals surface area contributed by atoms with E-state index < -0.39 is 0 Å². The molecule has 110 valence electrons. The summed E-state index contributed by atoms with van der Waals surface area (Å²) >= 11 is 3.46. The Morgan fingerprint density at radius 2 is 2.25 bits per heavy atom. The topological polar surface area (TPSA) is 55.1 Å².